The number of ketones is 2. The molecule has 1 saturated heterocycles. The Morgan fingerprint density at radius 1 is 1.23 bits per heavy atom. The van der Waals surface area contributed by atoms with Crippen LogP contribution in [-0.2, 0) is 25.5 Å². The smallest absolute Gasteiger partial charge is 0.236 e. The van der Waals surface area contributed by atoms with Crippen molar-refractivity contribution in [3.8, 4) is 17.6 Å². The predicted molar refractivity (Wildman–Crippen MR) is 144 cm³/mol. The number of ether oxygens (including phenoxy) is 2. The van der Waals surface area contributed by atoms with Gasteiger partial charge in [0, 0.05) is 40.9 Å². The number of aryl methyl sites for hydroxylation is 1. The number of carbonyl (C=O) groups is 3. The molecule has 1 aromatic rings. The average Bonchev–Trinajstić information content (AvgIpc) is 2.91. The number of piperazine rings is 1. The van der Waals surface area contributed by atoms with Crippen molar-refractivity contribution in [2.24, 2.45) is 5.73 Å². The number of fused-ring (bicyclic) bond motifs is 6. The van der Waals surface area contributed by atoms with E-state index in [1.54, 1.807) is 13.8 Å². The molecule has 0 unspecified atom stereocenters. The van der Waals surface area contributed by atoms with E-state index in [2.05, 4.69) is 16.3 Å². The summed E-state index contributed by atoms with van der Waals surface area (Å²) in [6, 6.07) is 1.07. The Bertz CT molecular complexity index is 1420. The van der Waals surface area contributed by atoms with E-state index in [4.69, 9.17) is 15.2 Å². The molecular weight excluding hydrogens is 514 g/mol. The van der Waals surface area contributed by atoms with Crippen LogP contribution in [0.15, 0.2) is 28.5 Å². The van der Waals surface area contributed by atoms with Crippen LogP contribution in [0.5, 0.6) is 11.5 Å². The van der Waals surface area contributed by atoms with Gasteiger partial charge in [0.15, 0.2) is 23.0 Å². The summed E-state index contributed by atoms with van der Waals surface area (Å²) in [4.78, 5) is 44.1. The minimum absolute atomic E-state index is 0.0256. The van der Waals surface area contributed by atoms with E-state index in [1.807, 2.05) is 24.9 Å². The molecule has 2 bridgehead atoms. The van der Waals surface area contributed by atoms with Crippen LogP contribution in [0, 0.1) is 18.3 Å². The summed E-state index contributed by atoms with van der Waals surface area (Å²) in [7, 11) is 4.78. The Hall–Kier alpha value is -3.72. The number of rotatable bonds is 5. The molecule has 40 heavy (non-hydrogen) atoms. The number of likely N-dealkylation sites (N-methyl/N-ethyl adjacent to an activating group) is 1. The van der Waals surface area contributed by atoms with Crippen molar-refractivity contribution < 1.29 is 29.0 Å². The van der Waals surface area contributed by atoms with Gasteiger partial charge in [-0.1, -0.05) is 6.07 Å². The van der Waals surface area contributed by atoms with Crippen molar-refractivity contribution >= 4 is 17.5 Å². The molecule has 1 amide bonds. The fraction of sp³-hybridized carbons (Fsp3) is 0.517. The second kappa shape index (κ2) is 10.0. The van der Waals surface area contributed by atoms with E-state index in [9.17, 15) is 24.8 Å². The van der Waals surface area contributed by atoms with Crippen LogP contribution in [0.4, 0.5) is 0 Å². The zero-order valence-electron chi connectivity index (χ0n) is 23.6. The van der Waals surface area contributed by atoms with Crippen LogP contribution in [0.1, 0.15) is 43.0 Å². The molecule has 1 aliphatic carbocycles. The van der Waals surface area contributed by atoms with E-state index >= 15 is 0 Å². The van der Waals surface area contributed by atoms with Crippen molar-refractivity contribution in [2.45, 2.75) is 69.9 Å². The summed E-state index contributed by atoms with van der Waals surface area (Å²) >= 11 is 0. The Morgan fingerprint density at radius 2 is 1.93 bits per heavy atom. The first-order chi connectivity index (χ1) is 19.0. The molecular formula is C29H35N5O6. The van der Waals surface area contributed by atoms with E-state index in [0.29, 0.717) is 23.3 Å². The predicted octanol–water partition coefficient (Wildman–Crippen LogP) is 0.788. The standard InChI is InChI=1S/C29H35N5O6/c1-12-7-15-8-17-19(10-30)34-18(23(33(17)4)21(15)25(36)27(12)39-5)9-16-22(20(34)11-32-29(38)14(3)31)26(37)28(40-6)13(2)24(16)35/h7,14,17-20,23,36H,8-9,11,31H2,1-6H3,(H,32,38)/t14-,17+,18-,19-,20-,23-/m0/s1. The van der Waals surface area contributed by atoms with Crippen LogP contribution < -0.4 is 15.8 Å². The van der Waals surface area contributed by atoms with Crippen molar-refractivity contribution in [1.29, 1.82) is 5.26 Å². The van der Waals surface area contributed by atoms with Gasteiger partial charge in [0.25, 0.3) is 0 Å². The lowest BCUT2D eigenvalue weighted by Crippen LogP contribution is -2.71. The van der Waals surface area contributed by atoms with Gasteiger partial charge in [0.05, 0.1) is 38.4 Å². The molecule has 0 spiro atoms. The minimum atomic E-state index is -0.787. The van der Waals surface area contributed by atoms with Crippen LogP contribution in [0.2, 0.25) is 0 Å². The molecule has 1 aromatic carbocycles. The SMILES string of the molecule is COC1=C(C)C(=O)C2=C(C1=O)[C@H](CNC(=O)[C@H](C)N)N1[C@@H](C#N)[C@H]3Cc4cc(C)c(OC)c(O)c4[C@H]([C@@H]1C2)N3C. The maximum absolute atomic E-state index is 13.8. The lowest BCUT2D eigenvalue weighted by molar-refractivity contribution is -0.125. The number of amides is 1. The minimum Gasteiger partial charge on any atom is -0.504 e. The van der Waals surface area contributed by atoms with Crippen LogP contribution in [-0.4, -0.2) is 90.4 Å². The highest BCUT2D eigenvalue weighted by Gasteiger charge is 2.57. The van der Waals surface area contributed by atoms with E-state index in [0.717, 1.165) is 11.1 Å². The van der Waals surface area contributed by atoms with Gasteiger partial charge in [0.1, 0.15) is 6.04 Å². The number of phenols is 1. The quantitative estimate of drug-likeness (QED) is 0.448. The second-order valence-electron chi connectivity index (χ2n) is 11.1. The number of nitrogens with zero attached hydrogens (tertiary/aromatic N) is 3. The number of hydrogen-bond acceptors (Lipinski definition) is 10. The number of carbonyl (C=O) groups excluding carboxylic acids is 3. The highest BCUT2D eigenvalue weighted by atomic mass is 16.5. The third kappa shape index (κ3) is 3.85. The van der Waals surface area contributed by atoms with Crippen LogP contribution in [0.3, 0.4) is 0 Å². The van der Waals surface area contributed by atoms with Gasteiger partial charge < -0.3 is 25.6 Å². The van der Waals surface area contributed by atoms with E-state index in [1.165, 1.54) is 14.2 Å². The first kappa shape index (κ1) is 27.8. The van der Waals surface area contributed by atoms with Crippen LogP contribution in [0.25, 0.3) is 0 Å². The molecule has 5 rings (SSSR count). The van der Waals surface area contributed by atoms with Gasteiger partial charge in [-0.15, -0.1) is 0 Å². The molecule has 4 aliphatic rings. The Kier molecular flexibility index (Phi) is 6.98. The summed E-state index contributed by atoms with van der Waals surface area (Å²) in [5.41, 5.74) is 9.01. The third-order valence-electron chi connectivity index (χ3n) is 8.95. The van der Waals surface area contributed by atoms with E-state index < -0.39 is 41.9 Å². The molecule has 6 atom stereocenters. The number of allylic oxidation sites excluding steroid dienone is 2. The maximum Gasteiger partial charge on any atom is 0.236 e. The lowest BCUT2D eigenvalue weighted by atomic mass is 9.69. The molecule has 11 nitrogen and oxygen atoms in total. The third-order valence-corrected chi connectivity index (χ3v) is 8.95. The number of aromatic hydroxyl groups is 1. The van der Waals surface area contributed by atoms with Gasteiger partial charge in [-0.05, 0) is 51.8 Å². The molecule has 1 fully saturated rings. The highest BCUT2D eigenvalue weighted by molar-refractivity contribution is 6.25. The number of methoxy groups -OCH3 is 2. The zero-order valence-corrected chi connectivity index (χ0v) is 23.6. The van der Waals surface area contributed by atoms with Gasteiger partial charge in [-0.3, -0.25) is 24.2 Å². The number of nitriles is 1. The first-order valence-electron chi connectivity index (χ1n) is 13.4. The van der Waals surface area contributed by atoms with Crippen molar-refractivity contribution in [3.05, 3.63) is 45.2 Å². The Morgan fingerprint density at radius 3 is 2.52 bits per heavy atom. The summed E-state index contributed by atoms with van der Waals surface area (Å²) in [6.45, 7) is 4.97. The van der Waals surface area contributed by atoms with Crippen molar-refractivity contribution in [1.82, 2.24) is 15.1 Å². The molecule has 4 N–H and O–H groups in total. The summed E-state index contributed by atoms with van der Waals surface area (Å²) in [5.74, 6) is -0.749. The zero-order chi connectivity index (χ0) is 29.2. The molecule has 0 aromatic heterocycles. The molecule has 3 heterocycles. The lowest BCUT2D eigenvalue weighted by Gasteiger charge is -2.60. The monoisotopic (exact) mass is 549 g/mol. The van der Waals surface area contributed by atoms with Gasteiger partial charge in [-0.2, -0.15) is 5.26 Å². The molecule has 3 aliphatic heterocycles. The maximum atomic E-state index is 13.8. The van der Waals surface area contributed by atoms with Gasteiger partial charge in [-0.25, -0.2) is 0 Å². The number of nitrogens with one attached hydrogen (secondary N) is 1. The Labute approximate surface area is 233 Å². The number of phenolic OH excluding ortho intramolecular Hbond substituents is 1. The largest absolute Gasteiger partial charge is 0.504 e. The van der Waals surface area contributed by atoms with Gasteiger partial charge >= 0.3 is 0 Å². The average molecular weight is 550 g/mol. The molecule has 11 heteroatoms. The van der Waals surface area contributed by atoms with Crippen molar-refractivity contribution in [3.63, 3.8) is 0 Å². The van der Waals surface area contributed by atoms with Crippen LogP contribution >= 0.6 is 0 Å². The summed E-state index contributed by atoms with van der Waals surface area (Å²) in [6.07, 6.45) is 0.670. The summed E-state index contributed by atoms with van der Waals surface area (Å²) in [5, 5.41) is 24.8. The number of Topliss-reactive ketones (excluding diaryl/α,β-unsaturated/α-hetero) is 2. The Balaban J connectivity index is 1.72. The molecule has 212 valence electrons. The topological polar surface area (TPSA) is 158 Å². The van der Waals surface area contributed by atoms with Gasteiger partial charge in [0.2, 0.25) is 11.7 Å². The molecule has 0 saturated carbocycles. The fourth-order valence-electron chi connectivity index (χ4n) is 7.17. The fourth-order valence-corrected chi connectivity index (χ4v) is 7.17. The normalized spacial score (nSPS) is 28.8. The highest BCUT2D eigenvalue weighted by Crippen LogP contribution is 2.53. The first-order valence-corrected chi connectivity index (χ1v) is 13.4. The van der Waals surface area contributed by atoms with Crippen molar-refractivity contribution in [2.75, 3.05) is 27.8 Å². The second-order valence-corrected chi connectivity index (χ2v) is 11.1. The summed E-state index contributed by atoms with van der Waals surface area (Å²) < 4.78 is 10.9. The van der Waals surface area contributed by atoms with E-state index in [-0.39, 0.29) is 47.4 Å². The number of hydrogen-bond donors (Lipinski definition) is 3. The molecule has 0 radical (unpaired) electrons. The number of benzene rings is 1. The number of nitrogens with two attached hydrogens (primary N) is 1.